The van der Waals surface area contributed by atoms with Crippen molar-refractivity contribution in [3.8, 4) is 11.5 Å². The molecule has 4 heteroatoms. The van der Waals surface area contributed by atoms with E-state index in [1.54, 1.807) is 14.2 Å². The number of hydrogen-bond donors (Lipinski definition) is 1. The van der Waals surface area contributed by atoms with Gasteiger partial charge < -0.3 is 14.8 Å². The summed E-state index contributed by atoms with van der Waals surface area (Å²) in [6.07, 6.45) is 2.01. The van der Waals surface area contributed by atoms with Crippen LogP contribution >= 0.6 is 11.6 Å². The number of halogens is 1. The Bertz CT molecular complexity index is 398. The van der Waals surface area contributed by atoms with E-state index >= 15 is 0 Å². The van der Waals surface area contributed by atoms with Gasteiger partial charge in [0.05, 0.1) is 14.2 Å². The van der Waals surface area contributed by atoms with Crippen molar-refractivity contribution in [1.29, 1.82) is 0 Å². The van der Waals surface area contributed by atoms with E-state index in [-0.39, 0.29) is 5.54 Å². The zero-order valence-corrected chi connectivity index (χ0v) is 13.0. The van der Waals surface area contributed by atoms with Crippen molar-refractivity contribution in [2.45, 2.75) is 38.8 Å². The van der Waals surface area contributed by atoms with Crippen LogP contribution in [0.2, 0.25) is 0 Å². The van der Waals surface area contributed by atoms with Gasteiger partial charge in [-0.3, -0.25) is 0 Å². The van der Waals surface area contributed by atoms with Crippen LogP contribution in [0.1, 0.15) is 32.3 Å². The summed E-state index contributed by atoms with van der Waals surface area (Å²) >= 11 is 5.86. The molecular formula is C15H24ClNO2. The van der Waals surface area contributed by atoms with Gasteiger partial charge in [-0.25, -0.2) is 0 Å². The Hall–Kier alpha value is -0.930. The van der Waals surface area contributed by atoms with Gasteiger partial charge in [-0.1, -0.05) is 13.0 Å². The molecule has 0 fully saturated rings. The fourth-order valence-electron chi connectivity index (χ4n) is 1.90. The van der Waals surface area contributed by atoms with E-state index in [1.165, 1.54) is 5.56 Å². The van der Waals surface area contributed by atoms with Crippen molar-refractivity contribution in [2.75, 3.05) is 20.1 Å². The molecule has 0 aliphatic rings. The van der Waals surface area contributed by atoms with Gasteiger partial charge in [0, 0.05) is 18.0 Å². The molecule has 0 spiro atoms. The number of benzene rings is 1. The summed E-state index contributed by atoms with van der Waals surface area (Å²) in [5.74, 6) is 2.19. The Labute approximate surface area is 121 Å². The first-order valence-corrected chi connectivity index (χ1v) is 7.14. The second-order valence-electron chi connectivity index (χ2n) is 4.90. The highest BCUT2D eigenvalue weighted by Gasteiger charge is 2.20. The van der Waals surface area contributed by atoms with Crippen LogP contribution in [-0.2, 0) is 6.54 Å². The molecule has 0 bridgehead atoms. The predicted octanol–water partition coefficient (Wildman–Crippen LogP) is 3.59. The molecule has 3 nitrogen and oxygen atoms in total. The molecule has 0 radical (unpaired) electrons. The lowest BCUT2D eigenvalue weighted by molar-refractivity contribution is 0.329. The van der Waals surface area contributed by atoms with Crippen LogP contribution in [0.4, 0.5) is 0 Å². The third kappa shape index (κ3) is 4.59. The minimum Gasteiger partial charge on any atom is -0.493 e. The number of rotatable bonds is 8. The summed E-state index contributed by atoms with van der Waals surface area (Å²) in [5.41, 5.74) is 1.25. The van der Waals surface area contributed by atoms with E-state index < -0.39 is 0 Å². The van der Waals surface area contributed by atoms with Gasteiger partial charge in [0.25, 0.3) is 0 Å². The summed E-state index contributed by atoms with van der Waals surface area (Å²) in [7, 11) is 3.29. The molecule has 19 heavy (non-hydrogen) atoms. The molecule has 1 atom stereocenters. The van der Waals surface area contributed by atoms with Crippen LogP contribution in [0.5, 0.6) is 11.5 Å². The van der Waals surface area contributed by atoms with Crippen LogP contribution in [0, 0.1) is 0 Å². The van der Waals surface area contributed by atoms with E-state index in [0.29, 0.717) is 5.88 Å². The number of alkyl halides is 1. The minimum absolute atomic E-state index is 0.0783. The second-order valence-corrected chi connectivity index (χ2v) is 5.27. The minimum atomic E-state index is 0.0783. The summed E-state index contributed by atoms with van der Waals surface area (Å²) in [4.78, 5) is 0. The fraction of sp³-hybridized carbons (Fsp3) is 0.600. The summed E-state index contributed by atoms with van der Waals surface area (Å²) in [6, 6.07) is 5.98. The molecule has 1 N–H and O–H groups in total. The first-order valence-electron chi connectivity index (χ1n) is 6.60. The van der Waals surface area contributed by atoms with E-state index in [1.807, 2.05) is 18.2 Å². The van der Waals surface area contributed by atoms with Crippen molar-refractivity contribution in [2.24, 2.45) is 0 Å². The molecule has 0 aliphatic carbocycles. The van der Waals surface area contributed by atoms with E-state index in [2.05, 4.69) is 19.2 Å². The maximum absolute atomic E-state index is 5.86. The van der Waals surface area contributed by atoms with Gasteiger partial charge in [-0.05, 0) is 37.5 Å². The van der Waals surface area contributed by atoms with Gasteiger partial charge in [0.2, 0.25) is 0 Å². The number of nitrogens with one attached hydrogen (secondary N) is 1. The average Bonchev–Trinajstić information content (AvgIpc) is 2.45. The standard InChI is InChI=1S/C15H24ClNO2/c1-5-15(2,8-9-16)17-11-12-6-7-13(18-3)14(10-12)19-4/h6-7,10,17H,5,8-9,11H2,1-4H3. The van der Waals surface area contributed by atoms with Crippen LogP contribution in [-0.4, -0.2) is 25.6 Å². The van der Waals surface area contributed by atoms with Crippen LogP contribution in [0.3, 0.4) is 0 Å². The van der Waals surface area contributed by atoms with Crippen LogP contribution < -0.4 is 14.8 Å². The maximum Gasteiger partial charge on any atom is 0.161 e. The second kappa shape index (κ2) is 7.61. The first kappa shape index (κ1) is 16.1. The molecule has 0 saturated carbocycles. The average molecular weight is 286 g/mol. The van der Waals surface area contributed by atoms with Crippen molar-refractivity contribution in [3.05, 3.63) is 23.8 Å². The van der Waals surface area contributed by atoms with Crippen LogP contribution in [0.15, 0.2) is 18.2 Å². The fourth-order valence-corrected chi connectivity index (χ4v) is 2.32. The molecule has 0 aliphatic heterocycles. The van der Waals surface area contributed by atoms with Gasteiger partial charge in [-0.2, -0.15) is 0 Å². The molecule has 1 unspecified atom stereocenters. The largest absolute Gasteiger partial charge is 0.493 e. The van der Waals surface area contributed by atoms with E-state index in [9.17, 15) is 0 Å². The summed E-state index contributed by atoms with van der Waals surface area (Å²) in [5, 5.41) is 3.57. The van der Waals surface area contributed by atoms with Crippen molar-refractivity contribution < 1.29 is 9.47 Å². The maximum atomic E-state index is 5.86. The molecule has 0 saturated heterocycles. The molecule has 0 heterocycles. The molecular weight excluding hydrogens is 262 g/mol. The lowest BCUT2D eigenvalue weighted by Gasteiger charge is -2.29. The third-order valence-corrected chi connectivity index (χ3v) is 3.78. The smallest absolute Gasteiger partial charge is 0.161 e. The monoisotopic (exact) mass is 285 g/mol. The Balaban J connectivity index is 2.72. The van der Waals surface area contributed by atoms with Crippen molar-refractivity contribution in [3.63, 3.8) is 0 Å². The Morgan fingerprint density at radius 3 is 2.42 bits per heavy atom. The van der Waals surface area contributed by atoms with Gasteiger partial charge >= 0.3 is 0 Å². The van der Waals surface area contributed by atoms with Crippen molar-refractivity contribution in [1.82, 2.24) is 5.32 Å². The number of methoxy groups -OCH3 is 2. The lowest BCUT2D eigenvalue weighted by atomic mass is 9.95. The van der Waals surface area contributed by atoms with Crippen LogP contribution in [0.25, 0.3) is 0 Å². The molecule has 0 aromatic heterocycles. The molecule has 108 valence electrons. The van der Waals surface area contributed by atoms with E-state index in [0.717, 1.165) is 30.9 Å². The zero-order valence-electron chi connectivity index (χ0n) is 12.3. The SMILES string of the molecule is CCC(C)(CCCl)NCc1ccc(OC)c(OC)c1. The van der Waals surface area contributed by atoms with Gasteiger partial charge in [0.15, 0.2) is 11.5 Å². The normalized spacial score (nSPS) is 13.9. The van der Waals surface area contributed by atoms with E-state index in [4.69, 9.17) is 21.1 Å². The number of ether oxygens (including phenoxy) is 2. The molecule has 1 aromatic rings. The first-order chi connectivity index (χ1) is 9.08. The third-order valence-electron chi connectivity index (χ3n) is 3.59. The number of hydrogen-bond acceptors (Lipinski definition) is 3. The van der Waals surface area contributed by atoms with Gasteiger partial charge in [-0.15, -0.1) is 11.6 Å². The Kier molecular flexibility index (Phi) is 6.46. The highest BCUT2D eigenvalue weighted by molar-refractivity contribution is 6.17. The zero-order chi connectivity index (χ0) is 14.3. The molecule has 0 amide bonds. The Morgan fingerprint density at radius 2 is 1.89 bits per heavy atom. The Morgan fingerprint density at radius 1 is 1.21 bits per heavy atom. The highest BCUT2D eigenvalue weighted by Crippen LogP contribution is 2.28. The van der Waals surface area contributed by atoms with Gasteiger partial charge in [0.1, 0.15) is 0 Å². The topological polar surface area (TPSA) is 30.5 Å². The van der Waals surface area contributed by atoms with Crippen molar-refractivity contribution >= 4 is 11.6 Å². The predicted molar refractivity (Wildman–Crippen MR) is 80.4 cm³/mol. The lowest BCUT2D eigenvalue weighted by Crippen LogP contribution is -2.41. The molecule has 1 rings (SSSR count). The summed E-state index contributed by atoms with van der Waals surface area (Å²) < 4.78 is 10.5. The highest BCUT2D eigenvalue weighted by atomic mass is 35.5. The summed E-state index contributed by atoms with van der Waals surface area (Å²) in [6.45, 7) is 5.17. The quantitative estimate of drug-likeness (QED) is 0.741. The molecule has 1 aromatic carbocycles.